The molecule has 0 N–H and O–H groups in total. The summed E-state index contributed by atoms with van der Waals surface area (Å²) in [5.41, 5.74) is 8.58. The van der Waals surface area contributed by atoms with Crippen molar-refractivity contribution in [1.29, 1.82) is 0 Å². The molecule has 5 aromatic rings. The Labute approximate surface area is 275 Å². The quantitative estimate of drug-likeness (QED) is 0.168. The van der Waals surface area contributed by atoms with Gasteiger partial charge in [-0.15, -0.1) is 46.7 Å². The van der Waals surface area contributed by atoms with Gasteiger partial charge in [0, 0.05) is 0 Å². The molecule has 0 saturated carbocycles. The predicted molar refractivity (Wildman–Crippen MR) is 186 cm³/mol. The van der Waals surface area contributed by atoms with Crippen molar-refractivity contribution in [3.8, 4) is 0 Å². The van der Waals surface area contributed by atoms with Gasteiger partial charge < -0.3 is 0 Å². The van der Waals surface area contributed by atoms with Crippen molar-refractivity contribution in [2.75, 3.05) is 0 Å². The zero-order valence-electron chi connectivity index (χ0n) is 27.5. The first-order valence-corrected chi connectivity index (χ1v) is 16.6. The molecule has 0 radical (unpaired) electrons. The van der Waals surface area contributed by atoms with Gasteiger partial charge in [0.05, 0.1) is 0 Å². The molecule has 1 aliphatic rings. The number of hydrogen-bond acceptors (Lipinski definition) is 0. The first-order chi connectivity index (χ1) is 20.2. The van der Waals surface area contributed by atoms with Gasteiger partial charge in [0.1, 0.15) is 0 Å². The minimum atomic E-state index is 0.203. The zero-order chi connectivity index (χ0) is 31.4. The van der Waals surface area contributed by atoms with Gasteiger partial charge in [-0.1, -0.05) is 96.7 Å². The molecular formula is C42H46Zr. The van der Waals surface area contributed by atoms with Crippen LogP contribution in [-0.4, -0.2) is 3.21 Å². The maximum absolute atomic E-state index is 3.29. The van der Waals surface area contributed by atoms with Crippen LogP contribution in [0.15, 0.2) is 120 Å². The molecule has 0 bridgehead atoms. The molecule has 0 amide bonds. The maximum atomic E-state index is 3.29. The summed E-state index contributed by atoms with van der Waals surface area (Å²) in [6.45, 7) is 20.0. The third-order valence-electron chi connectivity index (χ3n) is 8.10. The minimum absolute atomic E-state index is 0.203. The van der Waals surface area contributed by atoms with E-state index in [9.17, 15) is 0 Å². The predicted octanol–water partition coefficient (Wildman–Crippen LogP) is 11.4. The van der Waals surface area contributed by atoms with E-state index >= 15 is 0 Å². The van der Waals surface area contributed by atoms with Gasteiger partial charge in [0.2, 0.25) is 0 Å². The van der Waals surface area contributed by atoms with E-state index < -0.39 is 0 Å². The second-order valence-electron chi connectivity index (χ2n) is 13.8. The van der Waals surface area contributed by atoms with E-state index in [1.54, 1.807) is 0 Å². The molecule has 218 valence electrons. The number of allylic oxidation sites excluding steroid dienone is 4. The van der Waals surface area contributed by atoms with E-state index in [4.69, 9.17) is 0 Å². The fourth-order valence-electron chi connectivity index (χ4n) is 5.33. The van der Waals surface area contributed by atoms with Crippen LogP contribution < -0.4 is 0 Å². The Kier molecular flexibility index (Phi) is 10.5. The van der Waals surface area contributed by atoms with Crippen LogP contribution in [0.3, 0.4) is 0 Å². The van der Waals surface area contributed by atoms with Crippen LogP contribution in [0, 0.1) is 12.0 Å². The molecular weight excluding hydrogens is 596 g/mol. The Bertz CT molecular complexity index is 1620. The van der Waals surface area contributed by atoms with Crippen molar-refractivity contribution in [2.45, 2.75) is 73.1 Å². The standard InChI is InChI=1S/C21H25.C13H10.C8H11.Zr/c1-20(2,3)16-7-9-18-14(12-16)11-15-13-17(21(4,5)6)8-10-19(15)18;1-3-7-12(8-4-1)11-13-9-5-2-6-10-13;1-6-4-7(2)8(3)5-6;/h7-13H,1-6H3;1-10H;4,6H,1-3H3;/q-1;;-1;+2. The van der Waals surface area contributed by atoms with Crippen LogP contribution in [-0.2, 0) is 35.1 Å². The molecule has 5 aromatic carbocycles. The van der Waals surface area contributed by atoms with E-state index in [2.05, 4.69) is 178 Å². The third kappa shape index (κ3) is 8.55. The first kappa shape index (κ1) is 32.9. The van der Waals surface area contributed by atoms with E-state index in [1.165, 1.54) is 82.4 Å². The SMILES string of the molecule is CC(C)(C)c1ccc2c(c1)[cH-]c1cc(C(C)(C)C)ccc12.CC1=[C-]C(C)C=C1C.[Zr+2]=[C](c1ccccc1)c1ccccc1. The first-order valence-electron chi connectivity index (χ1n) is 15.4. The van der Waals surface area contributed by atoms with Gasteiger partial charge in [-0.3, -0.25) is 6.08 Å². The third-order valence-corrected chi connectivity index (χ3v) is 9.52. The van der Waals surface area contributed by atoms with Gasteiger partial charge in [-0.05, 0) is 10.8 Å². The Morgan fingerprint density at radius 3 is 1.37 bits per heavy atom. The summed E-state index contributed by atoms with van der Waals surface area (Å²) in [5.74, 6) is 0.551. The Morgan fingerprint density at radius 1 is 0.651 bits per heavy atom. The topological polar surface area (TPSA) is 0 Å². The zero-order valence-corrected chi connectivity index (χ0v) is 29.9. The van der Waals surface area contributed by atoms with Gasteiger partial charge in [-0.2, -0.15) is 6.08 Å². The van der Waals surface area contributed by atoms with Crippen LogP contribution in [0.1, 0.15) is 84.6 Å². The fraction of sp³-hybridized carbons (Fsp3) is 0.286. The monoisotopic (exact) mass is 640 g/mol. The summed E-state index contributed by atoms with van der Waals surface area (Å²) in [5, 5.41) is 5.48. The molecule has 0 nitrogen and oxygen atoms in total. The van der Waals surface area contributed by atoms with Crippen molar-refractivity contribution in [1.82, 2.24) is 0 Å². The van der Waals surface area contributed by atoms with E-state index in [0.717, 1.165) is 0 Å². The van der Waals surface area contributed by atoms with Gasteiger partial charge in [-0.25, -0.2) is 11.1 Å². The molecule has 1 aliphatic carbocycles. The van der Waals surface area contributed by atoms with Crippen molar-refractivity contribution in [3.63, 3.8) is 0 Å². The second kappa shape index (κ2) is 13.7. The molecule has 1 atom stereocenters. The summed E-state index contributed by atoms with van der Waals surface area (Å²) in [6, 6.07) is 37.3. The van der Waals surface area contributed by atoms with Crippen LogP contribution in [0.2, 0.25) is 0 Å². The van der Waals surface area contributed by atoms with Crippen molar-refractivity contribution in [2.24, 2.45) is 5.92 Å². The van der Waals surface area contributed by atoms with Gasteiger partial charge in [0.15, 0.2) is 0 Å². The van der Waals surface area contributed by atoms with Crippen LogP contribution in [0.25, 0.3) is 21.5 Å². The van der Waals surface area contributed by atoms with Crippen LogP contribution in [0.5, 0.6) is 0 Å². The van der Waals surface area contributed by atoms with E-state index in [-0.39, 0.29) is 10.8 Å². The number of benzene rings is 4. The van der Waals surface area contributed by atoms with E-state index in [0.29, 0.717) is 5.92 Å². The molecule has 0 spiro atoms. The van der Waals surface area contributed by atoms with Crippen LogP contribution >= 0.6 is 0 Å². The summed E-state index contributed by atoms with van der Waals surface area (Å²) in [7, 11) is 0. The number of fused-ring (bicyclic) bond motifs is 3. The molecule has 0 aromatic heterocycles. The van der Waals surface area contributed by atoms with E-state index in [1.807, 2.05) is 0 Å². The summed E-state index contributed by atoms with van der Waals surface area (Å²) >= 11 is 1.46. The summed E-state index contributed by atoms with van der Waals surface area (Å²) in [6.07, 6.45) is 5.52. The average Bonchev–Trinajstić information content (AvgIpc) is 3.49. The second-order valence-corrected chi connectivity index (χ2v) is 15.0. The molecule has 0 saturated heterocycles. The molecule has 0 aliphatic heterocycles. The molecule has 0 fully saturated rings. The van der Waals surface area contributed by atoms with Gasteiger partial charge in [0.25, 0.3) is 0 Å². The molecule has 1 unspecified atom stereocenters. The number of hydrogen-bond donors (Lipinski definition) is 0. The van der Waals surface area contributed by atoms with Crippen molar-refractivity contribution >= 4 is 24.8 Å². The Balaban J connectivity index is 0.000000165. The van der Waals surface area contributed by atoms with Crippen molar-refractivity contribution in [3.05, 3.63) is 149 Å². The Hall–Kier alpha value is -3.02. The molecule has 1 heteroatoms. The summed E-state index contributed by atoms with van der Waals surface area (Å²) < 4.78 is 1.42. The van der Waals surface area contributed by atoms with Gasteiger partial charge >= 0.3 is 99.2 Å². The van der Waals surface area contributed by atoms with Crippen LogP contribution in [0.4, 0.5) is 0 Å². The fourth-order valence-corrected chi connectivity index (χ4v) is 6.15. The molecule has 43 heavy (non-hydrogen) atoms. The number of rotatable bonds is 2. The Morgan fingerprint density at radius 2 is 1.07 bits per heavy atom. The summed E-state index contributed by atoms with van der Waals surface area (Å²) in [4.78, 5) is 0. The average molecular weight is 642 g/mol. The van der Waals surface area contributed by atoms with Crippen molar-refractivity contribution < 1.29 is 24.2 Å². The molecule has 6 rings (SSSR count). The normalized spacial score (nSPS) is 14.8. The molecule has 0 heterocycles.